The van der Waals surface area contributed by atoms with Gasteiger partial charge in [-0.2, -0.15) is 0 Å². The molecule has 2 rings (SSSR count). The molecule has 0 radical (unpaired) electrons. The monoisotopic (exact) mass is 168 g/mol. The van der Waals surface area contributed by atoms with Crippen molar-refractivity contribution in [3.63, 3.8) is 0 Å². The van der Waals surface area contributed by atoms with Crippen LogP contribution >= 0.6 is 11.6 Å². The van der Waals surface area contributed by atoms with E-state index in [0.717, 1.165) is 35.2 Å². The van der Waals surface area contributed by atoms with Gasteiger partial charge in [-0.25, -0.2) is 4.98 Å². The fraction of sp³-hybridized carbons (Fsp3) is 0.375. The third-order valence-electron chi connectivity index (χ3n) is 2.02. The average Bonchev–Trinajstić information content (AvgIpc) is 2.43. The zero-order valence-corrected chi connectivity index (χ0v) is 7.15. The number of allylic oxidation sites excluding steroid dienone is 1. The summed E-state index contributed by atoms with van der Waals surface area (Å²) in [5.41, 5.74) is 2.00. The molecule has 0 saturated carbocycles. The summed E-state index contributed by atoms with van der Waals surface area (Å²) in [5.74, 6) is 0.965. The molecule has 1 aliphatic rings. The lowest BCUT2D eigenvalue weighted by molar-refractivity contribution is 0.765. The zero-order valence-electron chi connectivity index (χ0n) is 6.39. The van der Waals surface area contributed by atoms with Crippen LogP contribution in [0.15, 0.2) is 6.58 Å². The van der Waals surface area contributed by atoms with E-state index in [4.69, 9.17) is 11.6 Å². The molecule has 1 aromatic rings. The maximum absolute atomic E-state index is 5.98. The van der Waals surface area contributed by atoms with Crippen LogP contribution in [-0.2, 0) is 6.54 Å². The van der Waals surface area contributed by atoms with Crippen LogP contribution in [-0.4, -0.2) is 9.55 Å². The number of halogens is 1. The lowest BCUT2D eigenvalue weighted by Crippen LogP contribution is -1.90. The molecule has 0 spiro atoms. The van der Waals surface area contributed by atoms with Gasteiger partial charge in [0.15, 0.2) is 0 Å². The number of hydrogen-bond acceptors (Lipinski definition) is 1. The van der Waals surface area contributed by atoms with E-state index in [1.807, 2.05) is 11.5 Å². The van der Waals surface area contributed by atoms with Crippen LogP contribution in [0.5, 0.6) is 0 Å². The molecule has 0 aromatic carbocycles. The smallest absolute Gasteiger partial charge is 0.136 e. The first-order valence-corrected chi connectivity index (χ1v) is 3.98. The predicted molar refractivity (Wildman–Crippen MR) is 45.6 cm³/mol. The lowest BCUT2D eigenvalue weighted by atomic mass is 10.2. The number of nitrogens with zero attached hydrogens (tertiary/aromatic N) is 2. The van der Waals surface area contributed by atoms with Gasteiger partial charge in [0.2, 0.25) is 0 Å². The fourth-order valence-corrected chi connectivity index (χ4v) is 1.59. The predicted octanol–water partition coefficient (Wildman–Crippen LogP) is 2.26. The second kappa shape index (κ2) is 2.11. The third kappa shape index (κ3) is 0.824. The van der Waals surface area contributed by atoms with Gasteiger partial charge >= 0.3 is 0 Å². The van der Waals surface area contributed by atoms with Gasteiger partial charge in [0, 0.05) is 6.54 Å². The van der Waals surface area contributed by atoms with Gasteiger partial charge < -0.3 is 4.57 Å². The van der Waals surface area contributed by atoms with Crippen molar-refractivity contribution < 1.29 is 0 Å². The number of hydrogen-bond donors (Lipinski definition) is 0. The number of aromatic nitrogens is 2. The maximum atomic E-state index is 5.98. The largest absolute Gasteiger partial charge is 0.315 e. The molecule has 0 aliphatic carbocycles. The Morgan fingerprint density at radius 3 is 3.00 bits per heavy atom. The molecule has 1 aliphatic heterocycles. The standard InChI is InChI=1S/C8H9ClN2/c1-5-3-4-11-7(9)6(2)10-8(5)11/h1,3-4H2,2H3. The molecule has 0 amide bonds. The average molecular weight is 169 g/mol. The molecular weight excluding hydrogens is 160 g/mol. The second-order valence-electron chi connectivity index (χ2n) is 2.82. The van der Waals surface area contributed by atoms with E-state index in [0.29, 0.717) is 0 Å². The van der Waals surface area contributed by atoms with Crippen LogP contribution < -0.4 is 0 Å². The first kappa shape index (κ1) is 6.92. The normalized spacial score (nSPS) is 15.6. The minimum atomic E-state index is 0.763. The molecule has 0 atom stereocenters. The van der Waals surface area contributed by atoms with E-state index in [-0.39, 0.29) is 0 Å². The summed E-state index contributed by atoms with van der Waals surface area (Å²) in [6.07, 6.45) is 0.988. The van der Waals surface area contributed by atoms with Crippen molar-refractivity contribution >= 4 is 17.2 Å². The molecule has 0 unspecified atom stereocenters. The third-order valence-corrected chi connectivity index (χ3v) is 2.50. The summed E-state index contributed by atoms with van der Waals surface area (Å²) in [6.45, 7) is 6.76. The maximum Gasteiger partial charge on any atom is 0.136 e. The number of rotatable bonds is 0. The van der Waals surface area contributed by atoms with Crippen LogP contribution in [0.1, 0.15) is 17.9 Å². The van der Waals surface area contributed by atoms with Crippen LogP contribution in [0, 0.1) is 6.92 Å². The Morgan fingerprint density at radius 1 is 1.64 bits per heavy atom. The van der Waals surface area contributed by atoms with Crippen LogP contribution in [0.25, 0.3) is 5.57 Å². The number of aryl methyl sites for hydroxylation is 1. The molecule has 0 fully saturated rings. The van der Waals surface area contributed by atoms with E-state index in [1.54, 1.807) is 0 Å². The van der Waals surface area contributed by atoms with Gasteiger partial charge in [0.05, 0.1) is 5.69 Å². The van der Waals surface area contributed by atoms with Gasteiger partial charge in [-0.3, -0.25) is 0 Å². The molecule has 2 heterocycles. The van der Waals surface area contributed by atoms with E-state index in [9.17, 15) is 0 Å². The highest BCUT2D eigenvalue weighted by Gasteiger charge is 2.20. The topological polar surface area (TPSA) is 17.8 Å². The molecule has 1 aromatic heterocycles. The Morgan fingerprint density at radius 2 is 2.36 bits per heavy atom. The highest BCUT2D eigenvalue weighted by atomic mass is 35.5. The van der Waals surface area contributed by atoms with Crippen molar-refractivity contribution in [1.29, 1.82) is 0 Å². The van der Waals surface area contributed by atoms with Crippen molar-refractivity contribution in [3.05, 3.63) is 23.3 Å². The molecule has 2 nitrogen and oxygen atoms in total. The quantitative estimate of drug-likeness (QED) is 0.581. The molecule has 0 saturated heterocycles. The van der Waals surface area contributed by atoms with Crippen molar-refractivity contribution in [2.45, 2.75) is 19.9 Å². The van der Waals surface area contributed by atoms with E-state index in [1.165, 1.54) is 0 Å². The van der Waals surface area contributed by atoms with Crippen LogP contribution in [0.3, 0.4) is 0 Å². The fourth-order valence-electron chi connectivity index (χ4n) is 1.39. The molecule has 58 valence electrons. The Hall–Kier alpha value is -0.760. The Labute approximate surface area is 70.5 Å². The Bertz CT molecular complexity index is 325. The van der Waals surface area contributed by atoms with Crippen molar-refractivity contribution in [3.8, 4) is 0 Å². The highest BCUT2D eigenvalue weighted by molar-refractivity contribution is 6.30. The molecule has 3 heteroatoms. The molecule has 0 N–H and O–H groups in total. The first-order valence-electron chi connectivity index (χ1n) is 3.61. The summed E-state index contributed by atoms with van der Waals surface area (Å²) in [4.78, 5) is 4.30. The van der Waals surface area contributed by atoms with Gasteiger partial charge in [-0.1, -0.05) is 18.2 Å². The summed E-state index contributed by atoms with van der Waals surface area (Å²) >= 11 is 5.98. The Kier molecular flexibility index (Phi) is 1.33. The first-order chi connectivity index (χ1) is 5.20. The Balaban J connectivity index is 2.66. The summed E-state index contributed by atoms with van der Waals surface area (Å²) in [7, 11) is 0. The number of imidazole rings is 1. The molecule has 11 heavy (non-hydrogen) atoms. The van der Waals surface area contributed by atoms with Gasteiger partial charge in [0.1, 0.15) is 11.0 Å². The van der Waals surface area contributed by atoms with Crippen LogP contribution in [0.4, 0.5) is 0 Å². The summed E-state index contributed by atoms with van der Waals surface area (Å²) in [6, 6.07) is 0. The summed E-state index contributed by atoms with van der Waals surface area (Å²) < 4.78 is 2.01. The highest BCUT2D eigenvalue weighted by Crippen LogP contribution is 2.29. The lowest BCUT2D eigenvalue weighted by Gasteiger charge is -1.94. The van der Waals surface area contributed by atoms with Crippen LogP contribution in [0.2, 0.25) is 5.15 Å². The van der Waals surface area contributed by atoms with E-state index in [2.05, 4.69) is 11.6 Å². The van der Waals surface area contributed by atoms with E-state index < -0.39 is 0 Å². The van der Waals surface area contributed by atoms with Gasteiger partial charge in [-0.15, -0.1) is 0 Å². The van der Waals surface area contributed by atoms with Crippen molar-refractivity contribution in [2.75, 3.05) is 0 Å². The van der Waals surface area contributed by atoms with Gasteiger partial charge in [0.25, 0.3) is 0 Å². The van der Waals surface area contributed by atoms with Crippen molar-refractivity contribution in [2.24, 2.45) is 0 Å². The number of fused-ring (bicyclic) bond motifs is 1. The molecule has 0 bridgehead atoms. The minimum Gasteiger partial charge on any atom is -0.315 e. The minimum absolute atomic E-state index is 0.763. The summed E-state index contributed by atoms with van der Waals surface area (Å²) in [5, 5.41) is 0.763. The molecular formula is C8H9ClN2. The zero-order chi connectivity index (χ0) is 8.01. The van der Waals surface area contributed by atoms with E-state index >= 15 is 0 Å². The second-order valence-corrected chi connectivity index (χ2v) is 3.17. The van der Waals surface area contributed by atoms with Crippen molar-refractivity contribution in [1.82, 2.24) is 9.55 Å². The van der Waals surface area contributed by atoms with Gasteiger partial charge in [-0.05, 0) is 18.9 Å². The SMILES string of the molecule is C=C1CCn2c1nc(C)c2Cl.